The summed E-state index contributed by atoms with van der Waals surface area (Å²) in [5.74, 6) is -1.21. The SMILES string of the molecule is CC(C)C=C(C#N)C(=O)N1CCCC1CNC(=O)N[C@@H](Cc1coc2ccccc12)B(O)O. The Morgan fingerprint density at radius 1 is 1.36 bits per heavy atom. The predicted molar refractivity (Wildman–Crippen MR) is 124 cm³/mol. The van der Waals surface area contributed by atoms with Crippen LogP contribution in [-0.2, 0) is 11.2 Å². The molecule has 9 nitrogen and oxygen atoms in total. The number of carbonyl (C=O) groups excluding carboxylic acids is 2. The van der Waals surface area contributed by atoms with Crippen LogP contribution < -0.4 is 10.6 Å². The topological polar surface area (TPSA) is 139 Å². The van der Waals surface area contributed by atoms with Gasteiger partial charge in [0.15, 0.2) is 0 Å². The van der Waals surface area contributed by atoms with Crippen LogP contribution in [0.1, 0.15) is 32.3 Å². The number of nitrogens with zero attached hydrogens (tertiary/aromatic N) is 2. The number of likely N-dealkylation sites (tertiary alicyclic amines) is 1. The first-order valence-corrected chi connectivity index (χ1v) is 11.1. The zero-order chi connectivity index (χ0) is 24.0. The number of rotatable bonds is 8. The molecular formula is C23H29BN4O5. The smallest absolute Gasteiger partial charge is 0.464 e. The van der Waals surface area contributed by atoms with Crippen molar-refractivity contribution in [2.45, 2.75) is 45.1 Å². The van der Waals surface area contributed by atoms with Crippen molar-refractivity contribution in [1.82, 2.24) is 15.5 Å². The Labute approximate surface area is 193 Å². The molecule has 1 aromatic carbocycles. The molecule has 4 N–H and O–H groups in total. The first-order chi connectivity index (χ1) is 15.8. The Morgan fingerprint density at radius 3 is 2.82 bits per heavy atom. The van der Waals surface area contributed by atoms with Crippen molar-refractivity contribution in [3.05, 3.63) is 47.7 Å². The molecule has 1 fully saturated rings. The average Bonchev–Trinajstić information content (AvgIpc) is 3.42. The molecule has 1 saturated heterocycles. The first kappa shape index (κ1) is 24.4. The average molecular weight is 452 g/mol. The van der Waals surface area contributed by atoms with Crippen LogP contribution in [0.3, 0.4) is 0 Å². The summed E-state index contributed by atoms with van der Waals surface area (Å²) < 4.78 is 5.48. The van der Waals surface area contributed by atoms with Gasteiger partial charge >= 0.3 is 13.1 Å². The predicted octanol–water partition coefficient (Wildman–Crippen LogP) is 1.75. The number of furan rings is 1. The fourth-order valence-electron chi connectivity index (χ4n) is 4.05. The molecule has 0 bridgehead atoms. The second-order valence-electron chi connectivity index (χ2n) is 8.57. The number of carbonyl (C=O) groups is 2. The van der Waals surface area contributed by atoms with E-state index in [0.29, 0.717) is 18.5 Å². The van der Waals surface area contributed by atoms with Crippen molar-refractivity contribution in [3.63, 3.8) is 0 Å². The van der Waals surface area contributed by atoms with Gasteiger partial charge in [0, 0.05) is 24.5 Å². The van der Waals surface area contributed by atoms with E-state index in [1.165, 1.54) is 0 Å². The summed E-state index contributed by atoms with van der Waals surface area (Å²) in [5, 5.41) is 35.0. The summed E-state index contributed by atoms with van der Waals surface area (Å²) in [7, 11) is -1.77. The van der Waals surface area contributed by atoms with Crippen molar-refractivity contribution >= 4 is 30.0 Å². The molecule has 33 heavy (non-hydrogen) atoms. The summed E-state index contributed by atoms with van der Waals surface area (Å²) in [6, 6.07) is 8.54. The molecule has 3 amide bonds. The van der Waals surface area contributed by atoms with Gasteiger partial charge in [-0.1, -0.05) is 38.1 Å². The maximum atomic E-state index is 12.8. The number of nitriles is 1. The number of fused-ring (bicyclic) bond motifs is 1. The Balaban J connectivity index is 1.58. The van der Waals surface area contributed by atoms with Gasteiger partial charge in [0.05, 0.1) is 12.2 Å². The lowest BCUT2D eigenvalue weighted by atomic mass is 9.76. The Hall–Kier alpha value is -3.29. The third-order valence-corrected chi connectivity index (χ3v) is 5.66. The maximum Gasteiger partial charge on any atom is 0.475 e. The van der Waals surface area contributed by atoms with Crippen molar-refractivity contribution in [3.8, 4) is 6.07 Å². The van der Waals surface area contributed by atoms with E-state index in [2.05, 4.69) is 10.6 Å². The summed E-state index contributed by atoms with van der Waals surface area (Å²) >= 11 is 0. The fraction of sp³-hybridized carbons (Fsp3) is 0.435. The van der Waals surface area contributed by atoms with E-state index in [0.717, 1.165) is 17.4 Å². The lowest BCUT2D eigenvalue weighted by Gasteiger charge is -2.25. The molecule has 1 aromatic heterocycles. The van der Waals surface area contributed by atoms with E-state index in [1.807, 2.05) is 44.2 Å². The van der Waals surface area contributed by atoms with Crippen LogP contribution >= 0.6 is 0 Å². The summed E-state index contributed by atoms with van der Waals surface area (Å²) in [6.07, 6.45) is 4.84. The van der Waals surface area contributed by atoms with Crippen LogP contribution in [0.15, 0.2) is 46.6 Å². The van der Waals surface area contributed by atoms with E-state index in [9.17, 15) is 24.9 Å². The van der Waals surface area contributed by atoms with E-state index < -0.39 is 19.1 Å². The normalized spacial score (nSPS) is 17.2. The second-order valence-corrected chi connectivity index (χ2v) is 8.57. The molecule has 1 aliphatic rings. The molecule has 10 heteroatoms. The van der Waals surface area contributed by atoms with Gasteiger partial charge in [0.25, 0.3) is 5.91 Å². The fourth-order valence-corrected chi connectivity index (χ4v) is 4.05. The Bertz CT molecular complexity index is 1060. The van der Waals surface area contributed by atoms with Crippen LogP contribution in [0.25, 0.3) is 11.0 Å². The standard InChI is InChI=1S/C23H29BN4O5/c1-15(2)10-16(12-25)22(29)28-9-5-6-18(28)13-26-23(30)27-21(24(31)32)11-17-14-33-20-8-4-3-7-19(17)20/h3-4,7-8,10,14-15,18,21,31-32H,5-6,9,11,13H2,1-2H3,(H2,26,27,30)/t18?,21-/m0/s1. The number of benzene rings is 1. The number of para-hydroxylation sites is 1. The van der Waals surface area contributed by atoms with E-state index >= 15 is 0 Å². The van der Waals surface area contributed by atoms with Crippen molar-refractivity contribution in [2.24, 2.45) is 5.92 Å². The van der Waals surface area contributed by atoms with Crippen LogP contribution in [0.2, 0.25) is 0 Å². The largest absolute Gasteiger partial charge is 0.475 e. The number of hydrogen-bond donors (Lipinski definition) is 4. The van der Waals surface area contributed by atoms with Crippen molar-refractivity contribution < 1.29 is 24.1 Å². The molecule has 2 aromatic rings. The zero-order valence-corrected chi connectivity index (χ0v) is 18.8. The van der Waals surface area contributed by atoms with Gasteiger partial charge in [0.1, 0.15) is 17.2 Å². The molecule has 1 unspecified atom stereocenters. The number of urea groups is 1. The van der Waals surface area contributed by atoms with Gasteiger partial charge in [0.2, 0.25) is 0 Å². The zero-order valence-electron chi connectivity index (χ0n) is 18.8. The third-order valence-electron chi connectivity index (χ3n) is 5.66. The quantitative estimate of drug-likeness (QED) is 0.274. The minimum atomic E-state index is -1.77. The highest BCUT2D eigenvalue weighted by Gasteiger charge is 2.32. The van der Waals surface area contributed by atoms with Gasteiger partial charge in [-0.25, -0.2) is 4.79 Å². The van der Waals surface area contributed by atoms with Gasteiger partial charge in [-0.15, -0.1) is 0 Å². The van der Waals surface area contributed by atoms with Crippen molar-refractivity contribution in [1.29, 1.82) is 5.26 Å². The molecule has 2 atom stereocenters. The highest BCUT2D eigenvalue weighted by Crippen LogP contribution is 2.22. The Morgan fingerprint density at radius 2 is 2.12 bits per heavy atom. The summed E-state index contributed by atoms with van der Waals surface area (Å²) in [4.78, 5) is 26.9. The molecular weight excluding hydrogens is 423 g/mol. The number of nitrogens with one attached hydrogen (secondary N) is 2. The lowest BCUT2D eigenvalue weighted by Crippen LogP contribution is -2.53. The highest BCUT2D eigenvalue weighted by molar-refractivity contribution is 6.43. The number of allylic oxidation sites excluding steroid dienone is 1. The van der Waals surface area contributed by atoms with Gasteiger partial charge in [-0.05, 0) is 36.8 Å². The monoisotopic (exact) mass is 452 g/mol. The highest BCUT2D eigenvalue weighted by atomic mass is 16.4. The minimum Gasteiger partial charge on any atom is -0.464 e. The molecule has 0 aliphatic carbocycles. The van der Waals surface area contributed by atoms with Crippen molar-refractivity contribution in [2.75, 3.05) is 13.1 Å². The first-order valence-electron chi connectivity index (χ1n) is 11.1. The Kier molecular flexibility index (Phi) is 8.14. The van der Waals surface area contributed by atoms with E-state index in [4.69, 9.17) is 4.42 Å². The van der Waals surface area contributed by atoms with Crippen LogP contribution in [0.4, 0.5) is 4.79 Å². The molecule has 0 radical (unpaired) electrons. The molecule has 2 heterocycles. The molecule has 0 spiro atoms. The van der Waals surface area contributed by atoms with Crippen LogP contribution in [0, 0.1) is 17.2 Å². The molecule has 0 saturated carbocycles. The lowest BCUT2D eigenvalue weighted by molar-refractivity contribution is -0.127. The van der Waals surface area contributed by atoms with Gasteiger partial charge < -0.3 is 30.0 Å². The van der Waals surface area contributed by atoms with E-state index in [-0.39, 0.29) is 36.4 Å². The second kappa shape index (κ2) is 11.0. The minimum absolute atomic E-state index is 0.0720. The summed E-state index contributed by atoms with van der Waals surface area (Å²) in [5.41, 5.74) is 1.53. The van der Waals surface area contributed by atoms with Crippen LogP contribution in [-0.4, -0.2) is 59.1 Å². The molecule has 1 aliphatic heterocycles. The molecule has 174 valence electrons. The van der Waals surface area contributed by atoms with E-state index in [1.54, 1.807) is 17.2 Å². The third kappa shape index (κ3) is 6.15. The maximum absolute atomic E-state index is 12.8. The number of amides is 3. The summed E-state index contributed by atoms with van der Waals surface area (Å²) in [6.45, 7) is 4.52. The molecule has 3 rings (SSSR count). The number of hydrogen-bond acceptors (Lipinski definition) is 6. The van der Waals surface area contributed by atoms with Gasteiger partial charge in [-0.2, -0.15) is 5.26 Å². The van der Waals surface area contributed by atoms with Gasteiger partial charge in [-0.3, -0.25) is 4.79 Å². The van der Waals surface area contributed by atoms with Crippen LogP contribution in [0.5, 0.6) is 0 Å².